The number of aromatic nitrogens is 1. The fourth-order valence-corrected chi connectivity index (χ4v) is 3.19. The van der Waals surface area contributed by atoms with Crippen molar-refractivity contribution in [1.29, 1.82) is 0 Å². The predicted octanol–water partition coefficient (Wildman–Crippen LogP) is 2.65. The molecule has 3 rings (SSSR count). The van der Waals surface area contributed by atoms with Crippen LogP contribution < -0.4 is 0 Å². The van der Waals surface area contributed by atoms with Gasteiger partial charge in [-0.2, -0.15) is 0 Å². The SMILES string of the molecule is O=S1(=O)C=Cc2cc3nccc(Cl)c3cc21. The molecule has 0 saturated heterocycles. The number of fused-ring (bicyclic) bond motifs is 2. The number of halogens is 1. The number of rotatable bonds is 0. The number of sulfone groups is 1. The Morgan fingerprint density at radius 2 is 2.06 bits per heavy atom. The third kappa shape index (κ3) is 1.27. The molecule has 0 spiro atoms. The highest BCUT2D eigenvalue weighted by Crippen LogP contribution is 2.32. The van der Waals surface area contributed by atoms with Crippen LogP contribution in [0.1, 0.15) is 5.56 Å². The van der Waals surface area contributed by atoms with Gasteiger partial charge in [0.1, 0.15) is 0 Å². The molecular formula is C11H6ClNO2S. The van der Waals surface area contributed by atoms with Crippen molar-refractivity contribution in [2.45, 2.75) is 4.90 Å². The first-order chi connectivity index (χ1) is 7.58. The molecule has 1 aromatic heterocycles. The van der Waals surface area contributed by atoms with Crippen LogP contribution in [-0.4, -0.2) is 13.4 Å². The molecule has 0 radical (unpaired) electrons. The summed E-state index contributed by atoms with van der Waals surface area (Å²) >= 11 is 6.00. The Morgan fingerprint density at radius 3 is 2.88 bits per heavy atom. The highest BCUT2D eigenvalue weighted by Gasteiger charge is 2.21. The molecule has 1 aromatic carbocycles. The lowest BCUT2D eigenvalue weighted by Crippen LogP contribution is -1.94. The first-order valence-corrected chi connectivity index (χ1v) is 6.52. The van der Waals surface area contributed by atoms with Gasteiger partial charge in [-0.25, -0.2) is 8.42 Å². The van der Waals surface area contributed by atoms with Crippen molar-refractivity contribution >= 4 is 38.4 Å². The van der Waals surface area contributed by atoms with Crippen molar-refractivity contribution in [2.24, 2.45) is 0 Å². The third-order valence-electron chi connectivity index (χ3n) is 2.55. The second-order valence-corrected chi connectivity index (χ2v) is 5.76. The molecule has 80 valence electrons. The van der Waals surface area contributed by atoms with Gasteiger partial charge < -0.3 is 0 Å². The maximum absolute atomic E-state index is 11.7. The van der Waals surface area contributed by atoms with Gasteiger partial charge in [0.05, 0.1) is 15.4 Å². The lowest BCUT2D eigenvalue weighted by Gasteiger charge is -2.03. The summed E-state index contributed by atoms with van der Waals surface area (Å²) in [4.78, 5) is 4.45. The second kappa shape index (κ2) is 3.06. The number of benzene rings is 1. The Kier molecular flexibility index (Phi) is 1.87. The maximum Gasteiger partial charge on any atom is 0.200 e. The molecule has 0 unspecified atom stereocenters. The van der Waals surface area contributed by atoms with Crippen LogP contribution in [0, 0.1) is 0 Å². The quantitative estimate of drug-likeness (QED) is 0.723. The van der Waals surface area contributed by atoms with Crippen molar-refractivity contribution in [3.63, 3.8) is 0 Å². The standard InChI is InChI=1S/C11H6ClNO2S/c12-9-1-3-13-10-5-7-2-4-16(14,15)11(7)6-8(9)10/h1-6H. The Bertz CT molecular complexity index is 735. The van der Waals surface area contributed by atoms with Crippen LogP contribution in [0.4, 0.5) is 0 Å². The van der Waals surface area contributed by atoms with E-state index in [1.807, 2.05) is 0 Å². The number of pyridine rings is 1. The van der Waals surface area contributed by atoms with E-state index in [4.69, 9.17) is 11.6 Å². The molecule has 0 atom stereocenters. The van der Waals surface area contributed by atoms with E-state index >= 15 is 0 Å². The molecule has 0 N–H and O–H groups in total. The molecule has 3 nitrogen and oxygen atoms in total. The van der Waals surface area contributed by atoms with Gasteiger partial charge in [0, 0.05) is 17.0 Å². The number of hydrogen-bond donors (Lipinski definition) is 0. The van der Waals surface area contributed by atoms with Crippen LogP contribution in [-0.2, 0) is 9.84 Å². The van der Waals surface area contributed by atoms with Gasteiger partial charge in [-0.05, 0) is 29.8 Å². The van der Waals surface area contributed by atoms with Gasteiger partial charge in [0.15, 0.2) is 9.84 Å². The fourth-order valence-electron chi connectivity index (χ4n) is 1.77. The van der Waals surface area contributed by atoms with E-state index in [9.17, 15) is 8.42 Å². The lowest BCUT2D eigenvalue weighted by atomic mass is 10.1. The minimum absolute atomic E-state index is 0.301. The summed E-state index contributed by atoms with van der Waals surface area (Å²) in [5.74, 6) is 0. The van der Waals surface area contributed by atoms with E-state index in [1.165, 1.54) is 5.41 Å². The molecule has 0 saturated carbocycles. The second-order valence-electron chi connectivity index (χ2n) is 3.55. The Labute approximate surface area is 97.3 Å². The maximum atomic E-state index is 11.7. The van der Waals surface area contributed by atoms with E-state index in [2.05, 4.69) is 4.98 Å². The van der Waals surface area contributed by atoms with Crippen LogP contribution in [0.25, 0.3) is 17.0 Å². The first kappa shape index (κ1) is 9.81. The van der Waals surface area contributed by atoms with Crippen molar-refractivity contribution in [3.05, 3.63) is 40.4 Å². The highest BCUT2D eigenvalue weighted by atomic mass is 35.5. The summed E-state index contributed by atoms with van der Waals surface area (Å²) < 4.78 is 23.3. The van der Waals surface area contributed by atoms with E-state index in [0.717, 1.165) is 0 Å². The van der Waals surface area contributed by atoms with Crippen molar-refractivity contribution in [1.82, 2.24) is 4.98 Å². The average molecular weight is 252 g/mol. The Hall–Kier alpha value is -1.39. The summed E-state index contributed by atoms with van der Waals surface area (Å²) in [6.07, 6.45) is 3.18. The topological polar surface area (TPSA) is 47.0 Å². The average Bonchev–Trinajstić information content (AvgIpc) is 2.53. The van der Waals surface area contributed by atoms with Crippen molar-refractivity contribution in [3.8, 4) is 0 Å². The van der Waals surface area contributed by atoms with Crippen molar-refractivity contribution in [2.75, 3.05) is 0 Å². The van der Waals surface area contributed by atoms with Crippen LogP contribution in [0.3, 0.4) is 0 Å². The molecule has 0 bridgehead atoms. The van der Waals surface area contributed by atoms with Gasteiger partial charge in [0.2, 0.25) is 0 Å². The molecule has 2 heterocycles. The zero-order valence-electron chi connectivity index (χ0n) is 8.01. The van der Waals surface area contributed by atoms with Crippen LogP contribution in [0.5, 0.6) is 0 Å². The largest absolute Gasteiger partial charge is 0.256 e. The van der Waals surface area contributed by atoms with E-state index < -0.39 is 9.84 Å². The Balaban J connectivity index is 2.49. The van der Waals surface area contributed by atoms with Crippen molar-refractivity contribution < 1.29 is 8.42 Å². The molecule has 0 fully saturated rings. The zero-order valence-corrected chi connectivity index (χ0v) is 9.59. The molecule has 16 heavy (non-hydrogen) atoms. The first-order valence-electron chi connectivity index (χ1n) is 4.59. The highest BCUT2D eigenvalue weighted by molar-refractivity contribution is 7.94. The van der Waals surface area contributed by atoms with E-state index in [1.54, 1.807) is 30.5 Å². The minimum atomic E-state index is -3.28. The molecule has 1 aliphatic rings. The van der Waals surface area contributed by atoms with Gasteiger partial charge >= 0.3 is 0 Å². The minimum Gasteiger partial charge on any atom is -0.256 e. The van der Waals surface area contributed by atoms with E-state index in [0.29, 0.717) is 26.4 Å². The smallest absolute Gasteiger partial charge is 0.200 e. The monoisotopic (exact) mass is 251 g/mol. The summed E-state index contributed by atoms with van der Waals surface area (Å²) in [6, 6.07) is 4.96. The molecular weight excluding hydrogens is 246 g/mol. The number of nitrogens with zero attached hydrogens (tertiary/aromatic N) is 1. The van der Waals surface area contributed by atoms with Gasteiger partial charge in [0.25, 0.3) is 0 Å². The normalized spacial score (nSPS) is 16.6. The molecule has 2 aromatic rings. The predicted molar refractivity (Wildman–Crippen MR) is 63.0 cm³/mol. The number of hydrogen-bond acceptors (Lipinski definition) is 3. The molecule has 5 heteroatoms. The van der Waals surface area contributed by atoms with E-state index in [-0.39, 0.29) is 0 Å². The fraction of sp³-hybridized carbons (Fsp3) is 0. The van der Waals surface area contributed by atoms with Gasteiger partial charge in [-0.15, -0.1) is 0 Å². The van der Waals surface area contributed by atoms with Gasteiger partial charge in [-0.3, -0.25) is 4.98 Å². The summed E-state index contributed by atoms with van der Waals surface area (Å²) in [7, 11) is -3.28. The van der Waals surface area contributed by atoms with Crippen LogP contribution >= 0.6 is 11.6 Å². The van der Waals surface area contributed by atoms with Crippen LogP contribution in [0.15, 0.2) is 34.7 Å². The molecule has 0 amide bonds. The molecule has 1 aliphatic heterocycles. The summed E-state index contributed by atoms with van der Waals surface area (Å²) in [5.41, 5.74) is 1.37. The van der Waals surface area contributed by atoms with Crippen LogP contribution in [0.2, 0.25) is 5.02 Å². The van der Waals surface area contributed by atoms with Gasteiger partial charge in [-0.1, -0.05) is 11.6 Å². The summed E-state index contributed by atoms with van der Waals surface area (Å²) in [5, 5.41) is 2.37. The molecule has 0 aliphatic carbocycles. The third-order valence-corrected chi connectivity index (χ3v) is 4.34. The summed E-state index contributed by atoms with van der Waals surface area (Å²) in [6.45, 7) is 0. The Morgan fingerprint density at radius 1 is 1.25 bits per heavy atom. The lowest BCUT2D eigenvalue weighted by molar-refractivity contribution is 0.605. The zero-order chi connectivity index (χ0) is 11.3.